The van der Waals surface area contributed by atoms with Crippen LogP contribution in [-0.2, 0) is 14.3 Å². The predicted octanol–water partition coefficient (Wildman–Crippen LogP) is 2.15. The molecule has 0 aromatic carbocycles. The van der Waals surface area contributed by atoms with E-state index in [1.807, 2.05) is 26.0 Å². The van der Waals surface area contributed by atoms with Crippen LogP contribution in [0.4, 0.5) is 0 Å². The summed E-state index contributed by atoms with van der Waals surface area (Å²) in [7, 11) is 1.77. The van der Waals surface area contributed by atoms with Crippen molar-refractivity contribution in [2.24, 2.45) is 5.92 Å². The first-order valence-corrected chi connectivity index (χ1v) is 9.79. The third kappa shape index (κ3) is 7.46. The minimum absolute atomic E-state index is 0.0396. The number of hydrogen-bond acceptors (Lipinski definition) is 4. The quantitative estimate of drug-likeness (QED) is 0.668. The largest absolute Gasteiger partial charge is 0.370 e. The molecule has 1 rings (SSSR count). The van der Waals surface area contributed by atoms with Gasteiger partial charge in [-0.05, 0) is 46.1 Å². The Morgan fingerprint density at radius 2 is 2.04 bits per heavy atom. The van der Waals surface area contributed by atoms with Crippen LogP contribution in [0.3, 0.4) is 0 Å². The smallest absolute Gasteiger partial charge is 0.241 e. The van der Waals surface area contributed by atoms with Gasteiger partial charge in [0, 0.05) is 13.0 Å². The van der Waals surface area contributed by atoms with E-state index < -0.39 is 11.6 Å². The summed E-state index contributed by atoms with van der Waals surface area (Å²) in [6, 6.07) is -0.488. The molecule has 1 aliphatic heterocycles. The van der Waals surface area contributed by atoms with Gasteiger partial charge >= 0.3 is 0 Å². The second-order valence-electron chi connectivity index (χ2n) is 7.94. The average molecular weight is 368 g/mol. The van der Waals surface area contributed by atoms with Gasteiger partial charge < -0.3 is 20.7 Å². The molecule has 1 heterocycles. The van der Waals surface area contributed by atoms with Crippen LogP contribution >= 0.6 is 0 Å². The molecule has 0 fully saturated rings. The van der Waals surface area contributed by atoms with E-state index in [0.717, 1.165) is 6.42 Å². The lowest BCUT2D eigenvalue weighted by molar-refractivity contribution is -0.131. The SMILES string of the molecule is CCC1OC(C)(C)CCC(=O)NCCC=CC(NC)C(=O)NC1C(C)C. The van der Waals surface area contributed by atoms with Gasteiger partial charge in [-0.2, -0.15) is 0 Å². The molecule has 0 aliphatic carbocycles. The van der Waals surface area contributed by atoms with E-state index in [9.17, 15) is 9.59 Å². The lowest BCUT2D eigenvalue weighted by Gasteiger charge is -2.37. The third-order valence-electron chi connectivity index (χ3n) is 4.81. The predicted molar refractivity (Wildman–Crippen MR) is 105 cm³/mol. The summed E-state index contributed by atoms with van der Waals surface area (Å²) < 4.78 is 6.37. The number of amides is 2. The van der Waals surface area contributed by atoms with Crippen molar-refractivity contribution in [2.75, 3.05) is 13.6 Å². The Morgan fingerprint density at radius 3 is 2.62 bits per heavy atom. The Hall–Kier alpha value is -1.40. The van der Waals surface area contributed by atoms with Gasteiger partial charge in [0.25, 0.3) is 0 Å². The molecule has 1 aliphatic rings. The Labute approximate surface area is 158 Å². The van der Waals surface area contributed by atoms with Gasteiger partial charge in [0.1, 0.15) is 6.04 Å². The molecule has 0 spiro atoms. The summed E-state index contributed by atoms with van der Waals surface area (Å²) in [4.78, 5) is 24.8. The van der Waals surface area contributed by atoms with E-state index >= 15 is 0 Å². The summed E-state index contributed by atoms with van der Waals surface area (Å²) in [5, 5.41) is 9.13. The van der Waals surface area contributed by atoms with Gasteiger partial charge in [-0.1, -0.05) is 32.9 Å². The number of nitrogens with one attached hydrogen (secondary N) is 3. The van der Waals surface area contributed by atoms with E-state index in [0.29, 0.717) is 25.8 Å². The van der Waals surface area contributed by atoms with Gasteiger partial charge in [0.15, 0.2) is 0 Å². The highest BCUT2D eigenvalue weighted by Crippen LogP contribution is 2.24. The molecule has 3 atom stereocenters. The van der Waals surface area contributed by atoms with Crippen molar-refractivity contribution in [1.29, 1.82) is 0 Å². The van der Waals surface area contributed by atoms with Crippen LogP contribution in [-0.4, -0.2) is 49.2 Å². The Kier molecular flexibility index (Phi) is 9.30. The summed E-state index contributed by atoms with van der Waals surface area (Å²) in [6.07, 6.45) is 6.24. The molecule has 0 aromatic heterocycles. The first kappa shape index (κ1) is 22.6. The third-order valence-corrected chi connectivity index (χ3v) is 4.81. The van der Waals surface area contributed by atoms with E-state index in [2.05, 4.69) is 36.7 Å². The van der Waals surface area contributed by atoms with Crippen LogP contribution in [0.15, 0.2) is 12.2 Å². The van der Waals surface area contributed by atoms with Gasteiger partial charge in [0.2, 0.25) is 11.8 Å². The molecule has 2 amide bonds. The molecule has 0 radical (unpaired) electrons. The van der Waals surface area contributed by atoms with Gasteiger partial charge in [-0.15, -0.1) is 0 Å². The summed E-state index contributed by atoms with van der Waals surface area (Å²) in [5.41, 5.74) is -0.434. The van der Waals surface area contributed by atoms with Crippen molar-refractivity contribution in [2.45, 2.75) is 84.1 Å². The van der Waals surface area contributed by atoms with Crippen LogP contribution in [0, 0.1) is 5.92 Å². The van der Waals surface area contributed by atoms with Crippen LogP contribution in [0.2, 0.25) is 0 Å². The van der Waals surface area contributed by atoms with Gasteiger partial charge in [-0.3, -0.25) is 9.59 Å². The molecule has 6 heteroatoms. The lowest BCUT2D eigenvalue weighted by atomic mass is 9.94. The lowest BCUT2D eigenvalue weighted by Crippen LogP contribution is -2.54. The van der Waals surface area contributed by atoms with Gasteiger partial charge in [0.05, 0.1) is 17.7 Å². The average Bonchev–Trinajstić information content (AvgIpc) is 2.58. The zero-order valence-corrected chi connectivity index (χ0v) is 17.2. The molecule has 0 aromatic rings. The van der Waals surface area contributed by atoms with Crippen LogP contribution in [0.1, 0.15) is 60.3 Å². The van der Waals surface area contributed by atoms with Crippen molar-refractivity contribution < 1.29 is 14.3 Å². The monoisotopic (exact) mass is 367 g/mol. The standard InChI is InChI=1S/C20H37N3O3/c1-7-16-18(14(2)3)23-19(25)15(21-6)10-8-9-13-22-17(24)11-12-20(4,5)26-16/h8,10,14-16,18,21H,7,9,11-13H2,1-6H3,(H,22,24)(H,23,25). The molecule has 0 saturated heterocycles. The molecular formula is C20H37N3O3. The number of carbonyl (C=O) groups excluding carboxylic acids is 2. The van der Waals surface area contributed by atoms with Crippen LogP contribution in [0.5, 0.6) is 0 Å². The molecule has 150 valence electrons. The fourth-order valence-electron chi connectivity index (χ4n) is 3.17. The summed E-state index contributed by atoms with van der Waals surface area (Å²) in [6.45, 7) is 10.8. The van der Waals surface area contributed by atoms with E-state index in [4.69, 9.17) is 4.74 Å². The number of rotatable bonds is 3. The highest BCUT2D eigenvalue weighted by atomic mass is 16.5. The van der Waals surface area contributed by atoms with Gasteiger partial charge in [-0.25, -0.2) is 0 Å². The Bertz CT molecular complexity index is 489. The molecule has 3 N–H and O–H groups in total. The van der Waals surface area contributed by atoms with E-state index in [-0.39, 0.29) is 29.9 Å². The fourth-order valence-corrected chi connectivity index (χ4v) is 3.17. The summed E-state index contributed by atoms with van der Waals surface area (Å²) in [5.74, 6) is 0.221. The maximum atomic E-state index is 12.7. The molecule has 0 saturated carbocycles. The molecule has 3 unspecified atom stereocenters. The highest BCUT2D eigenvalue weighted by molar-refractivity contribution is 5.84. The van der Waals surface area contributed by atoms with E-state index in [1.165, 1.54) is 0 Å². The minimum Gasteiger partial charge on any atom is -0.370 e. The number of carbonyl (C=O) groups is 2. The summed E-state index contributed by atoms with van der Waals surface area (Å²) >= 11 is 0. The maximum absolute atomic E-state index is 12.7. The minimum atomic E-state index is -0.434. The topological polar surface area (TPSA) is 79.5 Å². The zero-order chi connectivity index (χ0) is 19.7. The molecule has 26 heavy (non-hydrogen) atoms. The van der Waals surface area contributed by atoms with Crippen molar-refractivity contribution in [1.82, 2.24) is 16.0 Å². The number of ether oxygens (including phenoxy) is 1. The second kappa shape index (κ2) is 10.7. The first-order chi connectivity index (χ1) is 12.2. The Balaban J connectivity index is 3.06. The van der Waals surface area contributed by atoms with Crippen molar-refractivity contribution in [3.63, 3.8) is 0 Å². The second-order valence-corrected chi connectivity index (χ2v) is 7.94. The van der Waals surface area contributed by atoms with Crippen LogP contribution in [0.25, 0.3) is 0 Å². The van der Waals surface area contributed by atoms with Crippen molar-refractivity contribution in [3.05, 3.63) is 12.2 Å². The number of hydrogen-bond donors (Lipinski definition) is 3. The van der Waals surface area contributed by atoms with Crippen LogP contribution < -0.4 is 16.0 Å². The number of likely N-dealkylation sites (N-methyl/N-ethyl adjacent to an activating group) is 1. The first-order valence-electron chi connectivity index (χ1n) is 9.79. The zero-order valence-electron chi connectivity index (χ0n) is 17.2. The molecule has 6 nitrogen and oxygen atoms in total. The van der Waals surface area contributed by atoms with Crippen molar-refractivity contribution >= 4 is 11.8 Å². The molecule has 0 bridgehead atoms. The molecular weight excluding hydrogens is 330 g/mol. The Morgan fingerprint density at radius 1 is 1.35 bits per heavy atom. The highest BCUT2D eigenvalue weighted by Gasteiger charge is 2.32. The fraction of sp³-hybridized carbons (Fsp3) is 0.800. The normalized spacial score (nSPS) is 28.8. The van der Waals surface area contributed by atoms with E-state index in [1.54, 1.807) is 7.05 Å². The maximum Gasteiger partial charge on any atom is 0.241 e. The van der Waals surface area contributed by atoms with Crippen molar-refractivity contribution in [3.8, 4) is 0 Å².